The van der Waals surface area contributed by atoms with Crippen molar-refractivity contribution >= 4 is 35.0 Å². The third kappa shape index (κ3) is 4.03. The first-order valence-electron chi connectivity index (χ1n) is 8.29. The van der Waals surface area contributed by atoms with Gasteiger partial charge in [0.25, 0.3) is 5.91 Å². The number of amides is 3. The van der Waals surface area contributed by atoms with Gasteiger partial charge in [0.15, 0.2) is 0 Å². The van der Waals surface area contributed by atoms with Gasteiger partial charge in [0.1, 0.15) is 5.75 Å². The monoisotopic (exact) mass is 387 g/mol. The molecule has 140 valence electrons. The summed E-state index contributed by atoms with van der Waals surface area (Å²) in [6.07, 6.45) is 0.0475. The predicted molar refractivity (Wildman–Crippen MR) is 101 cm³/mol. The summed E-state index contributed by atoms with van der Waals surface area (Å²) in [5.74, 6) is -1.19. The summed E-state index contributed by atoms with van der Waals surface area (Å²) < 4.78 is 5.28. The number of methoxy groups -OCH3 is 1. The molecule has 1 aliphatic heterocycles. The fraction of sp³-hybridized carbons (Fsp3) is 0.211. The number of rotatable bonds is 4. The fourth-order valence-corrected chi connectivity index (χ4v) is 3.12. The van der Waals surface area contributed by atoms with Crippen LogP contribution in [0.3, 0.4) is 0 Å². The molecule has 1 saturated heterocycles. The molecular formula is C19H18ClN3O4. The van der Waals surface area contributed by atoms with Crippen LogP contribution in [0.2, 0.25) is 5.02 Å². The third-order valence-corrected chi connectivity index (χ3v) is 4.62. The Kier molecular flexibility index (Phi) is 5.61. The summed E-state index contributed by atoms with van der Waals surface area (Å²) in [7, 11) is 1.52. The molecule has 0 aromatic heterocycles. The van der Waals surface area contributed by atoms with Crippen LogP contribution < -0.4 is 20.5 Å². The summed E-state index contributed by atoms with van der Waals surface area (Å²) in [5.41, 5.74) is 5.55. The van der Waals surface area contributed by atoms with Crippen LogP contribution in [0.15, 0.2) is 48.5 Å². The van der Waals surface area contributed by atoms with Crippen molar-refractivity contribution in [1.82, 2.24) is 10.9 Å². The number of para-hydroxylation sites is 2. The number of nitrogens with zero attached hydrogens (tertiary/aromatic N) is 1. The molecule has 2 aromatic rings. The van der Waals surface area contributed by atoms with Gasteiger partial charge in [0.2, 0.25) is 11.8 Å². The highest BCUT2D eigenvalue weighted by Crippen LogP contribution is 2.32. The van der Waals surface area contributed by atoms with Crippen molar-refractivity contribution in [2.24, 2.45) is 5.92 Å². The van der Waals surface area contributed by atoms with E-state index in [2.05, 4.69) is 10.9 Å². The van der Waals surface area contributed by atoms with E-state index in [4.69, 9.17) is 16.3 Å². The van der Waals surface area contributed by atoms with Gasteiger partial charge in [-0.05, 0) is 24.3 Å². The van der Waals surface area contributed by atoms with Gasteiger partial charge in [0.05, 0.1) is 29.3 Å². The molecule has 1 heterocycles. The van der Waals surface area contributed by atoms with Crippen LogP contribution in [0.25, 0.3) is 0 Å². The summed E-state index contributed by atoms with van der Waals surface area (Å²) in [5, 5.41) is 0.280. The highest BCUT2D eigenvalue weighted by atomic mass is 35.5. The van der Waals surface area contributed by atoms with Gasteiger partial charge in [-0.15, -0.1) is 0 Å². The minimum atomic E-state index is -0.589. The Morgan fingerprint density at radius 1 is 1.11 bits per heavy atom. The Bertz CT molecular complexity index is 887. The summed E-state index contributed by atoms with van der Waals surface area (Å²) in [6.45, 7) is 0.201. The van der Waals surface area contributed by atoms with Crippen LogP contribution in [0.4, 0.5) is 5.69 Å². The number of hydrogen-bond donors (Lipinski definition) is 2. The van der Waals surface area contributed by atoms with Crippen molar-refractivity contribution in [3.63, 3.8) is 0 Å². The molecule has 0 bridgehead atoms. The van der Waals surface area contributed by atoms with Crippen molar-refractivity contribution in [2.75, 3.05) is 18.6 Å². The van der Waals surface area contributed by atoms with E-state index in [-0.39, 0.29) is 29.5 Å². The van der Waals surface area contributed by atoms with Crippen LogP contribution in [-0.2, 0) is 9.59 Å². The van der Waals surface area contributed by atoms with E-state index in [9.17, 15) is 14.4 Å². The third-order valence-electron chi connectivity index (χ3n) is 4.29. The average molecular weight is 388 g/mol. The second kappa shape index (κ2) is 8.09. The first kappa shape index (κ1) is 18.7. The number of hydrogen-bond acceptors (Lipinski definition) is 4. The normalized spacial score (nSPS) is 16.1. The molecule has 1 fully saturated rings. The van der Waals surface area contributed by atoms with E-state index >= 15 is 0 Å². The first-order valence-corrected chi connectivity index (χ1v) is 8.67. The highest BCUT2D eigenvalue weighted by Gasteiger charge is 2.36. The second-order valence-corrected chi connectivity index (χ2v) is 6.41. The van der Waals surface area contributed by atoms with E-state index < -0.39 is 17.7 Å². The van der Waals surface area contributed by atoms with Gasteiger partial charge in [-0.1, -0.05) is 35.9 Å². The molecule has 3 rings (SSSR count). The van der Waals surface area contributed by atoms with Crippen LogP contribution >= 0.6 is 11.6 Å². The van der Waals surface area contributed by atoms with E-state index in [0.29, 0.717) is 11.4 Å². The Hall–Kier alpha value is -3.06. The van der Waals surface area contributed by atoms with Crippen LogP contribution in [0.5, 0.6) is 5.75 Å². The molecule has 1 atom stereocenters. The van der Waals surface area contributed by atoms with Crippen molar-refractivity contribution in [3.8, 4) is 5.75 Å². The Balaban J connectivity index is 1.62. The minimum absolute atomic E-state index is 0.0475. The van der Waals surface area contributed by atoms with Crippen molar-refractivity contribution in [3.05, 3.63) is 59.1 Å². The van der Waals surface area contributed by atoms with Crippen LogP contribution in [-0.4, -0.2) is 31.4 Å². The summed E-state index contributed by atoms with van der Waals surface area (Å²) in [4.78, 5) is 38.3. The molecule has 2 N–H and O–H groups in total. The molecule has 0 spiro atoms. The van der Waals surface area contributed by atoms with Gasteiger partial charge in [-0.3, -0.25) is 25.2 Å². The maximum atomic E-state index is 12.4. The molecule has 0 radical (unpaired) electrons. The van der Waals surface area contributed by atoms with Crippen molar-refractivity contribution in [1.29, 1.82) is 0 Å². The number of benzene rings is 2. The standard InChI is InChI=1S/C19H18ClN3O4/c1-27-16-9-5-4-8-15(16)23-11-12(10-17(23)24)18(25)21-22-19(26)13-6-2-3-7-14(13)20/h2-9,12H,10-11H2,1H3,(H,21,25)(H,22,26)/t12-/m1/s1. The lowest BCUT2D eigenvalue weighted by molar-refractivity contribution is -0.126. The number of halogens is 1. The summed E-state index contributed by atoms with van der Waals surface area (Å²) in [6, 6.07) is 13.6. The molecule has 8 heteroatoms. The molecule has 0 unspecified atom stereocenters. The first-order chi connectivity index (χ1) is 13.0. The lowest BCUT2D eigenvalue weighted by atomic mass is 10.1. The highest BCUT2D eigenvalue weighted by molar-refractivity contribution is 6.33. The number of anilines is 1. The fourth-order valence-electron chi connectivity index (χ4n) is 2.90. The Labute approximate surface area is 161 Å². The van der Waals surface area contributed by atoms with E-state index in [1.165, 1.54) is 12.0 Å². The molecule has 2 aromatic carbocycles. The molecule has 3 amide bonds. The van der Waals surface area contributed by atoms with Gasteiger partial charge < -0.3 is 9.64 Å². The van der Waals surface area contributed by atoms with Gasteiger partial charge in [-0.25, -0.2) is 0 Å². The zero-order valence-corrected chi connectivity index (χ0v) is 15.3. The molecule has 7 nitrogen and oxygen atoms in total. The molecular weight excluding hydrogens is 370 g/mol. The topological polar surface area (TPSA) is 87.7 Å². The lowest BCUT2D eigenvalue weighted by Crippen LogP contribution is -2.45. The number of hydrazine groups is 1. The number of carbonyl (C=O) groups is 3. The van der Waals surface area contributed by atoms with Gasteiger partial charge >= 0.3 is 0 Å². The Morgan fingerprint density at radius 2 is 1.81 bits per heavy atom. The number of ether oxygens (including phenoxy) is 1. The predicted octanol–water partition coefficient (Wildman–Crippen LogP) is 2.16. The Morgan fingerprint density at radius 3 is 2.56 bits per heavy atom. The lowest BCUT2D eigenvalue weighted by Gasteiger charge is -2.19. The number of carbonyl (C=O) groups excluding carboxylic acids is 3. The van der Waals surface area contributed by atoms with Crippen molar-refractivity contribution < 1.29 is 19.1 Å². The molecule has 1 aliphatic rings. The zero-order chi connectivity index (χ0) is 19.4. The molecule has 27 heavy (non-hydrogen) atoms. The number of nitrogens with one attached hydrogen (secondary N) is 2. The van der Waals surface area contributed by atoms with E-state index in [0.717, 1.165) is 0 Å². The van der Waals surface area contributed by atoms with Gasteiger partial charge in [0, 0.05) is 13.0 Å². The second-order valence-electron chi connectivity index (χ2n) is 6.00. The smallest absolute Gasteiger partial charge is 0.271 e. The van der Waals surface area contributed by atoms with E-state index in [1.807, 2.05) is 0 Å². The minimum Gasteiger partial charge on any atom is -0.495 e. The molecule has 0 saturated carbocycles. The van der Waals surface area contributed by atoms with Gasteiger partial charge in [-0.2, -0.15) is 0 Å². The largest absolute Gasteiger partial charge is 0.495 e. The zero-order valence-electron chi connectivity index (χ0n) is 14.6. The summed E-state index contributed by atoms with van der Waals surface area (Å²) >= 11 is 5.96. The van der Waals surface area contributed by atoms with Crippen LogP contribution in [0, 0.1) is 5.92 Å². The van der Waals surface area contributed by atoms with Crippen molar-refractivity contribution in [2.45, 2.75) is 6.42 Å². The molecule has 0 aliphatic carbocycles. The van der Waals surface area contributed by atoms with E-state index in [1.54, 1.807) is 48.5 Å². The maximum Gasteiger partial charge on any atom is 0.271 e. The SMILES string of the molecule is COc1ccccc1N1C[C@H](C(=O)NNC(=O)c2ccccc2Cl)CC1=O. The van der Waals surface area contributed by atoms with Crippen LogP contribution in [0.1, 0.15) is 16.8 Å². The maximum absolute atomic E-state index is 12.4. The quantitative estimate of drug-likeness (QED) is 0.787. The average Bonchev–Trinajstić information content (AvgIpc) is 3.07.